The molecule has 0 aliphatic heterocycles. The van der Waals surface area contributed by atoms with Gasteiger partial charge in [0.1, 0.15) is 0 Å². The monoisotopic (exact) mass is 237 g/mol. The normalized spacial score (nSPS) is 11.3. The van der Waals surface area contributed by atoms with Crippen molar-refractivity contribution in [2.45, 2.75) is 12.9 Å². The average Bonchev–Trinajstić information content (AvgIpc) is 2.16. The number of methoxy groups -OCH3 is 1. The van der Waals surface area contributed by atoms with Crippen molar-refractivity contribution >= 4 is 5.69 Å². The van der Waals surface area contributed by atoms with Crippen molar-refractivity contribution in [3.63, 3.8) is 0 Å². The van der Waals surface area contributed by atoms with Crippen molar-refractivity contribution in [2.75, 3.05) is 12.8 Å². The second-order valence-corrected chi connectivity index (χ2v) is 2.78. The number of nitrogens with two attached hydrogens (primary N) is 2. The van der Waals surface area contributed by atoms with E-state index in [4.69, 9.17) is 11.5 Å². The molecule has 0 atom stereocenters. The lowest BCUT2D eigenvalue weighted by molar-refractivity contribution is -0.275. The van der Waals surface area contributed by atoms with Gasteiger partial charge in [-0.1, -0.05) is 0 Å². The van der Waals surface area contributed by atoms with Crippen molar-refractivity contribution < 1.29 is 22.6 Å². The summed E-state index contributed by atoms with van der Waals surface area (Å²) in [5.74, 6) is -0.913. The second kappa shape index (κ2) is 4.44. The molecule has 1 heterocycles. The number of nitrogens with zero attached hydrogens (tertiary/aromatic N) is 1. The Kier molecular flexibility index (Phi) is 3.43. The zero-order chi connectivity index (χ0) is 12.3. The topological polar surface area (TPSA) is 83.4 Å². The number of pyridine rings is 1. The molecule has 8 heteroatoms. The summed E-state index contributed by atoms with van der Waals surface area (Å²) in [5, 5.41) is 0. The number of ether oxygens (including phenoxy) is 2. The summed E-state index contributed by atoms with van der Waals surface area (Å²) >= 11 is 0. The maximum atomic E-state index is 12.1. The Morgan fingerprint density at radius 2 is 2.06 bits per heavy atom. The summed E-state index contributed by atoms with van der Waals surface area (Å²) in [6.45, 7) is -0.212. The molecule has 1 aromatic rings. The number of aromatic nitrogens is 1. The Labute approximate surface area is 89.1 Å². The van der Waals surface area contributed by atoms with Gasteiger partial charge in [-0.15, -0.1) is 13.2 Å². The summed E-state index contributed by atoms with van der Waals surface area (Å²) in [5.41, 5.74) is 10.7. The number of nitrogen functional groups attached to an aromatic ring is 1. The molecule has 5 nitrogen and oxygen atoms in total. The highest BCUT2D eigenvalue weighted by molar-refractivity contribution is 5.56. The van der Waals surface area contributed by atoms with Crippen LogP contribution in [-0.2, 0) is 6.54 Å². The SMILES string of the molecule is COc1ncc(N)c(CN)c1OC(F)(F)F. The molecule has 0 saturated heterocycles. The minimum Gasteiger partial charge on any atom is -0.478 e. The van der Waals surface area contributed by atoms with Gasteiger partial charge in [0.25, 0.3) is 5.88 Å². The van der Waals surface area contributed by atoms with Crippen LogP contribution in [0.1, 0.15) is 5.56 Å². The molecule has 4 N–H and O–H groups in total. The van der Waals surface area contributed by atoms with Crippen LogP contribution >= 0.6 is 0 Å². The van der Waals surface area contributed by atoms with Crippen molar-refractivity contribution in [3.8, 4) is 11.6 Å². The van der Waals surface area contributed by atoms with Gasteiger partial charge >= 0.3 is 6.36 Å². The van der Waals surface area contributed by atoms with Gasteiger partial charge in [-0.2, -0.15) is 0 Å². The number of anilines is 1. The summed E-state index contributed by atoms with van der Waals surface area (Å²) < 4.78 is 44.8. The van der Waals surface area contributed by atoms with E-state index >= 15 is 0 Å². The highest BCUT2D eigenvalue weighted by Crippen LogP contribution is 2.36. The Hall–Kier alpha value is -1.70. The van der Waals surface area contributed by atoms with Crippen LogP contribution < -0.4 is 20.9 Å². The van der Waals surface area contributed by atoms with E-state index in [0.717, 1.165) is 6.20 Å². The van der Waals surface area contributed by atoms with Crippen molar-refractivity contribution in [3.05, 3.63) is 11.8 Å². The zero-order valence-corrected chi connectivity index (χ0v) is 8.34. The van der Waals surface area contributed by atoms with Crippen LogP contribution in [0.15, 0.2) is 6.20 Å². The molecule has 1 rings (SSSR count). The fourth-order valence-corrected chi connectivity index (χ4v) is 1.10. The number of rotatable bonds is 3. The molecule has 0 aliphatic carbocycles. The lowest BCUT2D eigenvalue weighted by Crippen LogP contribution is -2.20. The lowest BCUT2D eigenvalue weighted by Gasteiger charge is -2.15. The summed E-state index contributed by atoms with van der Waals surface area (Å²) in [4.78, 5) is 3.56. The molecular weight excluding hydrogens is 227 g/mol. The Balaban J connectivity index is 3.25. The predicted octanol–water partition coefficient (Wildman–Crippen LogP) is 1.03. The molecule has 0 fully saturated rings. The predicted molar refractivity (Wildman–Crippen MR) is 49.8 cm³/mol. The van der Waals surface area contributed by atoms with Crippen LogP contribution in [0.2, 0.25) is 0 Å². The fraction of sp³-hybridized carbons (Fsp3) is 0.375. The Morgan fingerprint density at radius 3 is 2.50 bits per heavy atom. The van der Waals surface area contributed by atoms with Gasteiger partial charge in [0.15, 0.2) is 5.75 Å². The Bertz CT molecular complexity index is 382. The zero-order valence-electron chi connectivity index (χ0n) is 8.34. The van der Waals surface area contributed by atoms with Crippen LogP contribution in [0, 0.1) is 0 Å². The van der Waals surface area contributed by atoms with Crippen LogP contribution in [0.4, 0.5) is 18.9 Å². The van der Waals surface area contributed by atoms with Crippen molar-refractivity contribution in [1.82, 2.24) is 4.98 Å². The van der Waals surface area contributed by atoms with Crippen LogP contribution in [0.5, 0.6) is 11.6 Å². The van der Waals surface area contributed by atoms with Gasteiger partial charge in [0.05, 0.1) is 19.0 Å². The third-order valence-corrected chi connectivity index (χ3v) is 1.75. The summed E-state index contributed by atoms with van der Waals surface area (Å²) in [6, 6.07) is 0. The summed E-state index contributed by atoms with van der Waals surface area (Å²) in [7, 11) is 1.17. The minimum atomic E-state index is -4.85. The number of hydrogen-bond acceptors (Lipinski definition) is 5. The number of hydrogen-bond donors (Lipinski definition) is 2. The van der Waals surface area contributed by atoms with Crippen molar-refractivity contribution in [2.24, 2.45) is 5.73 Å². The van der Waals surface area contributed by atoms with Gasteiger partial charge in [-0.25, -0.2) is 4.98 Å². The van der Waals surface area contributed by atoms with Gasteiger partial charge in [0.2, 0.25) is 0 Å². The molecule has 0 spiro atoms. The van der Waals surface area contributed by atoms with Gasteiger partial charge < -0.3 is 20.9 Å². The molecule has 0 amide bonds. The standard InChI is InChI=1S/C8H10F3N3O2/c1-15-7-6(16-8(9,10)11)4(2-12)5(13)3-14-7/h3H,2,12-13H2,1H3. The van der Waals surface area contributed by atoms with E-state index in [0.29, 0.717) is 0 Å². The molecule has 16 heavy (non-hydrogen) atoms. The van der Waals surface area contributed by atoms with E-state index < -0.39 is 12.1 Å². The maximum Gasteiger partial charge on any atom is 0.573 e. The largest absolute Gasteiger partial charge is 0.573 e. The first-order chi connectivity index (χ1) is 7.39. The third kappa shape index (κ3) is 2.66. The number of halogens is 3. The quantitative estimate of drug-likeness (QED) is 0.820. The van der Waals surface area contributed by atoms with E-state index in [2.05, 4.69) is 14.5 Å². The minimum absolute atomic E-state index is 0.00387. The van der Waals surface area contributed by atoms with Gasteiger partial charge in [0, 0.05) is 12.1 Å². The van der Waals surface area contributed by atoms with E-state index in [1.54, 1.807) is 0 Å². The second-order valence-electron chi connectivity index (χ2n) is 2.78. The third-order valence-electron chi connectivity index (χ3n) is 1.75. The van der Waals surface area contributed by atoms with Gasteiger partial charge in [-0.05, 0) is 0 Å². The van der Waals surface area contributed by atoms with Gasteiger partial charge in [-0.3, -0.25) is 0 Å². The average molecular weight is 237 g/mol. The highest BCUT2D eigenvalue weighted by Gasteiger charge is 2.34. The molecular formula is C8H10F3N3O2. The first-order valence-electron chi connectivity index (χ1n) is 4.16. The van der Waals surface area contributed by atoms with E-state index in [1.807, 2.05) is 0 Å². The highest BCUT2D eigenvalue weighted by atomic mass is 19.4. The molecule has 0 aliphatic rings. The molecule has 0 aromatic carbocycles. The van der Waals surface area contributed by atoms with Crippen molar-refractivity contribution in [1.29, 1.82) is 0 Å². The first-order valence-corrected chi connectivity index (χ1v) is 4.16. The Morgan fingerprint density at radius 1 is 1.44 bits per heavy atom. The van der Waals surface area contributed by atoms with E-state index in [9.17, 15) is 13.2 Å². The van der Waals surface area contributed by atoms with Crippen LogP contribution in [0.25, 0.3) is 0 Å². The van der Waals surface area contributed by atoms with Crippen LogP contribution in [0.3, 0.4) is 0 Å². The summed E-state index contributed by atoms with van der Waals surface area (Å²) in [6.07, 6.45) is -3.70. The molecule has 0 bridgehead atoms. The van der Waals surface area contributed by atoms with Crippen LogP contribution in [-0.4, -0.2) is 18.5 Å². The molecule has 0 radical (unpaired) electrons. The molecule has 90 valence electrons. The fourth-order valence-electron chi connectivity index (χ4n) is 1.10. The maximum absolute atomic E-state index is 12.1. The first kappa shape index (κ1) is 12.4. The smallest absolute Gasteiger partial charge is 0.478 e. The molecule has 0 saturated carbocycles. The molecule has 1 aromatic heterocycles. The lowest BCUT2D eigenvalue weighted by atomic mass is 10.2. The molecule has 0 unspecified atom stereocenters. The number of alkyl halides is 3. The van der Waals surface area contributed by atoms with E-state index in [-0.39, 0.29) is 23.7 Å². The van der Waals surface area contributed by atoms with E-state index in [1.165, 1.54) is 7.11 Å².